The first-order valence-corrected chi connectivity index (χ1v) is 1.91. The third-order valence-corrected chi connectivity index (χ3v) is 0.490. The van der Waals surface area contributed by atoms with E-state index in [0.717, 1.165) is 0 Å². The van der Waals surface area contributed by atoms with Crippen molar-refractivity contribution >= 4 is 0 Å². The lowest BCUT2D eigenvalue weighted by atomic mass is 10.9. The molecule has 8 heavy (non-hydrogen) atoms. The van der Waals surface area contributed by atoms with Crippen LogP contribution in [0.3, 0.4) is 0 Å². The average molecular weight is 141 g/mol. The van der Waals surface area contributed by atoms with E-state index in [4.69, 9.17) is 0 Å². The maximum Gasteiger partial charge on any atom is 0.236 e. The molecule has 4 nitrogen and oxygen atoms in total. The van der Waals surface area contributed by atoms with Gasteiger partial charge in [-0.05, 0) is 0 Å². The highest BCUT2D eigenvalue weighted by molar-refractivity contribution is 3.92. The Balaban J connectivity index is 0. The molecule has 0 aromatic carbocycles. The van der Waals surface area contributed by atoms with E-state index in [9.17, 15) is 10.1 Å². The van der Waals surface area contributed by atoms with Crippen molar-refractivity contribution in [3.63, 3.8) is 0 Å². The van der Waals surface area contributed by atoms with Crippen molar-refractivity contribution in [1.82, 2.24) is 0 Å². The first kappa shape index (κ1) is 10.6. The quantitative estimate of drug-likeness (QED) is 0.220. The van der Waals surface area contributed by atoms with Crippen molar-refractivity contribution in [1.29, 1.82) is 0 Å². The van der Waals surface area contributed by atoms with Gasteiger partial charge in [-0.3, -0.25) is 0 Å². The summed E-state index contributed by atoms with van der Waals surface area (Å²) in [6.07, 6.45) is 0. The summed E-state index contributed by atoms with van der Waals surface area (Å²) < 4.78 is -0.222. The molecule has 0 fully saturated rings. The lowest BCUT2D eigenvalue weighted by Crippen LogP contribution is -3.00. The molecular weight excluding hydrogens is 131 g/mol. The third-order valence-electron chi connectivity index (χ3n) is 0.490. The summed E-state index contributed by atoms with van der Waals surface area (Å²) >= 11 is 0. The van der Waals surface area contributed by atoms with E-state index in [1.807, 2.05) is 0 Å². The molecule has 0 aliphatic rings. The zero-order chi connectivity index (χ0) is 6.08. The monoisotopic (exact) mass is 140 g/mol. The molecule has 0 spiro atoms. The minimum absolute atomic E-state index is 0. The van der Waals surface area contributed by atoms with E-state index >= 15 is 0 Å². The van der Waals surface area contributed by atoms with Crippen molar-refractivity contribution in [2.45, 2.75) is 0 Å². The predicted octanol–water partition coefficient (Wildman–Crippen LogP) is -3.11. The van der Waals surface area contributed by atoms with E-state index in [2.05, 4.69) is 0 Å². The van der Waals surface area contributed by atoms with Crippen LogP contribution in [0.1, 0.15) is 0 Å². The van der Waals surface area contributed by atoms with Gasteiger partial charge in [-0.2, -0.15) is 0 Å². The zero-order valence-corrected chi connectivity index (χ0v) is 5.84. The van der Waals surface area contributed by atoms with Gasteiger partial charge in [-0.25, -0.2) is 10.1 Å². The molecule has 0 bridgehead atoms. The largest absolute Gasteiger partial charge is 1.00 e. The summed E-state index contributed by atoms with van der Waals surface area (Å²) in [5.41, 5.74) is 0. The molecule has 0 saturated heterocycles. The second-order valence-electron chi connectivity index (χ2n) is 2.18. The topological polar surface area (TPSA) is 43.1 Å². The maximum absolute atomic E-state index is 9.80. The molecule has 0 aliphatic heterocycles. The van der Waals surface area contributed by atoms with Crippen LogP contribution < -0.4 is 12.4 Å². The van der Waals surface area contributed by atoms with E-state index in [1.165, 1.54) is 21.1 Å². The molecule has 0 amide bonds. The highest BCUT2D eigenvalue weighted by Gasteiger charge is 2.18. The molecule has 0 radical (unpaired) electrons. The summed E-state index contributed by atoms with van der Waals surface area (Å²) in [4.78, 5) is 9.80. The zero-order valence-electron chi connectivity index (χ0n) is 5.09. The van der Waals surface area contributed by atoms with Gasteiger partial charge in [-0.15, -0.1) is 0 Å². The van der Waals surface area contributed by atoms with Crippen LogP contribution in [-0.4, -0.2) is 30.8 Å². The van der Waals surface area contributed by atoms with Crippen LogP contribution in [-0.2, 0) is 0 Å². The Hall–Kier alpha value is -0.350. The van der Waals surface area contributed by atoms with Crippen LogP contribution in [0.25, 0.3) is 0 Å². The van der Waals surface area contributed by atoms with Gasteiger partial charge < -0.3 is 12.4 Å². The first-order valence-electron chi connectivity index (χ1n) is 1.91. The summed E-state index contributed by atoms with van der Waals surface area (Å²) in [6.45, 7) is 0. The third kappa shape index (κ3) is 3.83. The van der Waals surface area contributed by atoms with Crippen molar-refractivity contribution in [2.75, 3.05) is 21.1 Å². The van der Waals surface area contributed by atoms with Crippen LogP contribution in [0, 0.1) is 10.1 Å². The van der Waals surface area contributed by atoms with Crippen LogP contribution in [0.4, 0.5) is 0 Å². The average Bonchev–Trinajstić information content (AvgIpc) is 1.31. The Morgan fingerprint density at radius 3 is 1.50 bits per heavy atom. The molecule has 0 aromatic heterocycles. The number of hydrogen-bond donors (Lipinski definition) is 0. The molecule has 0 N–H and O–H groups in total. The molecule has 0 heterocycles. The molecule has 0 aromatic rings. The Labute approximate surface area is 54.2 Å². The van der Waals surface area contributed by atoms with E-state index in [1.54, 1.807) is 0 Å². The normalized spacial score (nSPS) is 9.88. The number of hydrogen-bond acceptors (Lipinski definition) is 2. The molecule has 0 saturated carbocycles. The fourth-order valence-corrected chi connectivity index (χ4v) is 0. The second kappa shape index (κ2) is 2.84. The number of halogens is 1. The maximum atomic E-state index is 9.80. The van der Waals surface area contributed by atoms with Gasteiger partial charge in [0.25, 0.3) is 0 Å². The number of quaternary nitrogens is 1. The Kier molecular flexibility index (Phi) is 3.76. The Morgan fingerprint density at radius 1 is 1.38 bits per heavy atom. The summed E-state index contributed by atoms with van der Waals surface area (Å²) in [7, 11) is 4.50. The smallest absolute Gasteiger partial charge is 0.236 e. The Morgan fingerprint density at radius 2 is 1.50 bits per heavy atom. The number of rotatable bonds is 1. The fraction of sp³-hybridized carbons (Fsp3) is 1.00. The van der Waals surface area contributed by atoms with Gasteiger partial charge in [0, 0.05) is 0 Å². The van der Waals surface area contributed by atoms with E-state index in [0.29, 0.717) is 0 Å². The van der Waals surface area contributed by atoms with Gasteiger partial charge >= 0.3 is 0 Å². The minimum Gasteiger partial charge on any atom is -1.00 e. The van der Waals surface area contributed by atoms with E-state index in [-0.39, 0.29) is 22.0 Å². The molecule has 50 valence electrons. The van der Waals surface area contributed by atoms with Crippen molar-refractivity contribution < 1.29 is 22.0 Å². The minimum atomic E-state index is -0.375. The van der Waals surface area contributed by atoms with Crippen molar-refractivity contribution in [3.05, 3.63) is 10.1 Å². The van der Waals surface area contributed by atoms with Crippen LogP contribution in [0.15, 0.2) is 0 Å². The lowest BCUT2D eigenvalue weighted by Gasteiger charge is -2.08. The van der Waals surface area contributed by atoms with Crippen molar-refractivity contribution in [2.24, 2.45) is 0 Å². The first-order chi connectivity index (χ1) is 2.94. The van der Waals surface area contributed by atoms with Crippen LogP contribution in [0.5, 0.6) is 0 Å². The molecule has 5 heteroatoms. The highest BCUT2D eigenvalue weighted by atomic mass is 35.5. The lowest BCUT2D eigenvalue weighted by molar-refractivity contribution is -1.29. The highest BCUT2D eigenvalue weighted by Crippen LogP contribution is 1.85. The van der Waals surface area contributed by atoms with Gasteiger partial charge in [0.15, 0.2) is 0 Å². The predicted molar refractivity (Wildman–Crippen MR) is 25.0 cm³/mol. The SMILES string of the molecule is C[N+](C)(C)[N+](=O)[O-].[Cl-]. The summed E-state index contributed by atoms with van der Waals surface area (Å²) in [5.74, 6) is 0. The summed E-state index contributed by atoms with van der Waals surface area (Å²) in [5, 5.41) is 9.42. The summed E-state index contributed by atoms with van der Waals surface area (Å²) in [6, 6.07) is 0. The van der Waals surface area contributed by atoms with Gasteiger partial charge in [-0.1, -0.05) is 4.59 Å². The number of nitro groups is 1. The van der Waals surface area contributed by atoms with Crippen LogP contribution >= 0.6 is 0 Å². The molecule has 0 unspecified atom stereocenters. The Bertz CT molecular complexity index is 87.8. The van der Waals surface area contributed by atoms with Gasteiger partial charge in [0.05, 0.1) is 0 Å². The van der Waals surface area contributed by atoms with Gasteiger partial charge in [0.1, 0.15) is 21.1 Å². The van der Waals surface area contributed by atoms with Crippen molar-refractivity contribution in [3.8, 4) is 0 Å². The fourth-order valence-electron chi connectivity index (χ4n) is 0. The second-order valence-corrected chi connectivity index (χ2v) is 2.18. The molecule has 0 rings (SSSR count). The van der Waals surface area contributed by atoms with Crippen LogP contribution in [0.2, 0.25) is 0 Å². The molecule has 0 aliphatic carbocycles. The van der Waals surface area contributed by atoms with Gasteiger partial charge in [0.2, 0.25) is 5.03 Å². The number of nitrogens with zero attached hydrogens (tertiary/aromatic N) is 2. The standard InChI is InChI=1S/C3H9N2O2.ClH/c1-5(2,3)4(6)7;/h1-3H3;1H/q+1;/p-1. The molecule has 0 atom stereocenters. The van der Waals surface area contributed by atoms with E-state index < -0.39 is 0 Å². The molecular formula is C3H9ClN2O2.